The van der Waals surface area contributed by atoms with Crippen LogP contribution in [-0.4, -0.2) is 35.1 Å². The summed E-state index contributed by atoms with van der Waals surface area (Å²) in [5.74, 6) is -1.72. The first-order valence-corrected chi connectivity index (χ1v) is 6.30. The number of carboxylic acid groups (broad SMARTS) is 1. The van der Waals surface area contributed by atoms with E-state index in [1.54, 1.807) is 7.05 Å². The van der Waals surface area contributed by atoms with Crippen molar-refractivity contribution in [2.45, 2.75) is 26.8 Å². The fourth-order valence-electron chi connectivity index (χ4n) is 1.59. The molecule has 0 aliphatic heterocycles. The van der Waals surface area contributed by atoms with Gasteiger partial charge in [-0.05, 0) is 31.0 Å². The van der Waals surface area contributed by atoms with E-state index in [0.29, 0.717) is 0 Å². The molecule has 0 radical (unpaired) electrons. The van der Waals surface area contributed by atoms with Gasteiger partial charge in [0.2, 0.25) is 0 Å². The summed E-state index contributed by atoms with van der Waals surface area (Å²) in [6.07, 6.45) is 0. The minimum absolute atomic E-state index is 0.00338. The van der Waals surface area contributed by atoms with Crippen molar-refractivity contribution in [2.24, 2.45) is 5.92 Å². The third-order valence-corrected chi connectivity index (χ3v) is 3.35. The molecule has 0 spiro atoms. The summed E-state index contributed by atoms with van der Waals surface area (Å²) in [6, 6.07) is 2.92. The molecule has 6 heteroatoms. The highest BCUT2D eigenvalue weighted by molar-refractivity contribution is 5.91. The molecule has 1 unspecified atom stereocenters. The lowest BCUT2D eigenvalue weighted by Crippen LogP contribution is -2.41. The summed E-state index contributed by atoms with van der Waals surface area (Å²) >= 11 is 0. The van der Waals surface area contributed by atoms with Crippen LogP contribution in [-0.2, 0) is 0 Å². The van der Waals surface area contributed by atoms with Gasteiger partial charge in [0, 0.05) is 13.1 Å². The molecular formula is C14H19FN2O3. The van der Waals surface area contributed by atoms with Crippen LogP contribution < -0.4 is 5.32 Å². The van der Waals surface area contributed by atoms with E-state index in [2.05, 4.69) is 5.32 Å². The van der Waals surface area contributed by atoms with Crippen molar-refractivity contribution in [1.82, 2.24) is 4.90 Å². The van der Waals surface area contributed by atoms with Crippen LogP contribution in [0.2, 0.25) is 0 Å². The van der Waals surface area contributed by atoms with E-state index in [1.807, 2.05) is 20.8 Å². The molecule has 0 fully saturated rings. The standard InChI is InChI=1S/C14H19FN2O3/c1-8(2)9(3)17(4)14(20)16-12-6-5-10(13(18)19)7-11(12)15/h5-9H,1-4H3,(H,16,20)(H,18,19). The van der Waals surface area contributed by atoms with Gasteiger partial charge in [0.15, 0.2) is 0 Å². The van der Waals surface area contributed by atoms with E-state index in [4.69, 9.17) is 5.11 Å². The average Bonchev–Trinajstić information content (AvgIpc) is 2.38. The third kappa shape index (κ3) is 3.69. The Morgan fingerprint density at radius 1 is 1.30 bits per heavy atom. The zero-order valence-electron chi connectivity index (χ0n) is 12.0. The first-order valence-electron chi connectivity index (χ1n) is 6.30. The molecule has 1 aromatic rings. The zero-order valence-corrected chi connectivity index (χ0v) is 12.0. The molecule has 0 saturated carbocycles. The number of urea groups is 1. The van der Waals surface area contributed by atoms with Crippen molar-refractivity contribution in [3.63, 3.8) is 0 Å². The molecule has 2 amide bonds. The number of halogens is 1. The van der Waals surface area contributed by atoms with E-state index in [9.17, 15) is 14.0 Å². The van der Waals surface area contributed by atoms with Crippen molar-refractivity contribution < 1.29 is 19.1 Å². The number of nitrogens with one attached hydrogen (secondary N) is 1. The Bertz CT molecular complexity index is 517. The Balaban J connectivity index is 2.83. The maximum Gasteiger partial charge on any atom is 0.335 e. The molecule has 2 N–H and O–H groups in total. The number of hydrogen-bond acceptors (Lipinski definition) is 2. The van der Waals surface area contributed by atoms with Crippen molar-refractivity contribution in [1.29, 1.82) is 0 Å². The number of carboxylic acids is 1. The number of amides is 2. The number of carbonyl (C=O) groups excluding carboxylic acids is 1. The van der Waals surface area contributed by atoms with Gasteiger partial charge in [0.25, 0.3) is 0 Å². The lowest BCUT2D eigenvalue weighted by Gasteiger charge is -2.28. The number of anilines is 1. The first-order chi connectivity index (χ1) is 9.23. The van der Waals surface area contributed by atoms with E-state index >= 15 is 0 Å². The quantitative estimate of drug-likeness (QED) is 0.891. The maximum atomic E-state index is 13.7. The van der Waals surface area contributed by atoms with Crippen LogP contribution in [0, 0.1) is 11.7 Å². The second-order valence-corrected chi connectivity index (χ2v) is 5.03. The Morgan fingerprint density at radius 2 is 1.90 bits per heavy atom. The molecule has 0 aromatic heterocycles. The Hall–Kier alpha value is -2.11. The fraction of sp³-hybridized carbons (Fsp3) is 0.429. The van der Waals surface area contributed by atoms with Crippen LogP contribution >= 0.6 is 0 Å². The Labute approximate surface area is 117 Å². The molecule has 110 valence electrons. The van der Waals surface area contributed by atoms with Crippen LogP contribution in [0.25, 0.3) is 0 Å². The van der Waals surface area contributed by atoms with Gasteiger partial charge in [-0.15, -0.1) is 0 Å². The van der Waals surface area contributed by atoms with Crippen molar-refractivity contribution in [3.8, 4) is 0 Å². The number of rotatable bonds is 4. The van der Waals surface area contributed by atoms with Gasteiger partial charge < -0.3 is 15.3 Å². The summed E-state index contributed by atoms with van der Waals surface area (Å²) in [5.41, 5.74) is -0.202. The highest BCUT2D eigenvalue weighted by atomic mass is 19.1. The predicted molar refractivity (Wildman–Crippen MR) is 74.4 cm³/mol. The average molecular weight is 282 g/mol. The summed E-state index contributed by atoms with van der Waals surface area (Å²) in [5, 5.41) is 11.2. The number of carbonyl (C=O) groups is 2. The highest BCUT2D eigenvalue weighted by Gasteiger charge is 2.19. The summed E-state index contributed by atoms with van der Waals surface area (Å²) in [4.78, 5) is 24.1. The number of hydrogen-bond donors (Lipinski definition) is 2. The minimum Gasteiger partial charge on any atom is -0.478 e. The number of nitrogens with zero attached hydrogens (tertiary/aromatic N) is 1. The maximum absolute atomic E-state index is 13.7. The topological polar surface area (TPSA) is 69.6 Å². The molecule has 0 bridgehead atoms. The second-order valence-electron chi connectivity index (χ2n) is 5.03. The first kappa shape index (κ1) is 15.9. The predicted octanol–water partition coefficient (Wildman–Crippen LogP) is 3.03. The Kier molecular flexibility index (Phi) is 5.07. The van der Waals surface area contributed by atoms with Crippen LogP contribution in [0.1, 0.15) is 31.1 Å². The summed E-state index contributed by atoms with van der Waals surface area (Å²) in [6.45, 7) is 5.86. The zero-order chi connectivity index (χ0) is 15.4. The van der Waals surface area contributed by atoms with Gasteiger partial charge in [-0.1, -0.05) is 13.8 Å². The second kappa shape index (κ2) is 6.36. The number of aromatic carboxylic acids is 1. The largest absolute Gasteiger partial charge is 0.478 e. The van der Waals surface area contributed by atoms with E-state index in [0.717, 1.165) is 6.07 Å². The van der Waals surface area contributed by atoms with Crippen molar-refractivity contribution in [2.75, 3.05) is 12.4 Å². The normalized spacial score (nSPS) is 12.1. The smallest absolute Gasteiger partial charge is 0.335 e. The van der Waals surface area contributed by atoms with Gasteiger partial charge >= 0.3 is 12.0 Å². The SMILES string of the molecule is CC(C)C(C)N(C)C(=O)Nc1ccc(C(=O)O)cc1F. The summed E-state index contributed by atoms with van der Waals surface area (Å²) in [7, 11) is 1.63. The summed E-state index contributed by atoms with van der Waals surface area (Å²) < 4.78 is 13.7. The molecule has 0 aliphatic carbocycles. The van der Waals surface area contributed by atoms with E-state index in [-0.39, 0.29) is 23.2 Å². The molecule has 0 heterocycles. The third-order valence-electron chi connectivity index (χ3n) is 3.35. The molecule has 1 aromatic carbocycles. The van der Waals surface area contributed by atoms with Crippen LogP contribution in [0.3, 0.4) is 0 Å². The van der Waals surface area contributed by atoms with E-state index in [1.165, 1.54) is 17.0 Å². The lowest BCUT2D eigenvalue weighted by molar-refractivity contribution is 0.0696. The molecular weight excluding hydrogens is 263 g/mol. The van der Waals surface area contributed by atoms with Gasteiger partial charge in [-0.2, -0.15) is 0 Å². The molecule has 1 atom stereocenters. The molecule has 1 rings (SSSR count). The van der Waals surface area contributed by atoms with Gasteiger partial charge in [0.05, 0.1) is 11.3 Å². The molecule has 0 saturated heterocycles. The van der Waals surface area contributed by atoms with Crippen LogP contribution in [0.4, 0.5) is 14.9 Å². The monoisotopic (exact) mass is 282 g/mol. The van der Waals surface area contributed by atoms with Crippen molar-refractivity contribution in [3.05, 3.63) is 29.6 Å². The van der Waals surface area contributed by atoms with Crippen LogP contribution in [0.5, 0.6) is 0 Å². The van der Waals surface area contributed by atoms with E-state index < -0.39 is 17.8 Å². The molecule has 0 aliphatic rings. The number of benzene rings is 1. The molecule has 20 heavy (non-hydrogen) atoms. The van der Waals surface area contributed by atoms with Gasteiger partial charge in [-0.3, -0.25) is 0 Å². The molecule has 5 nitrogen and oxygen atoms in total. The fourth-order valence-corrected chi connectivity index (χ4v) is 1.59. The minimum atomic E-state index is -1.22. The lowest BCUT2D eigenvalue weighted by atomic mass is 10.1. The van der Waals surface area contributed by atoms with Gasteiger partial charge in [0.1, 0.15) is 5.82 Å². The Morgan fingerprint density at radius 3 is 2.35 bits per heavy atom. The van der Waals surface area contributed by atoms with Gasteiger partial charge in [-0.25, -0.2) is 14.0 Å². The van der Waals surface area contributed by atoms with Crippen molar-refractivity contribution >= 4 is 17.7 Å². The van der Waals surface area contributed by atoms with Crippen LogP contribution in [0.15, 0.2) is 18.2 Å². The highest BCUT2D eigenvalue weighted by Crippen LogP contribution is 2.17.